The van der Waals surface area contributed by atoms with Gasteiger partial charge in [0.15, 0.2) is 5.96 Å². The summed E-state index contributed by atoms with van der Waals surface area (Å²) in [4.78, 5) is 15.8. The Morgan fingerprint density at radius 3 is 2.65 bits per heavy atom. The lowest BCUT2D eigenvalue weighted by Gasteiger charge is -2.06. The molecule has 3 N–H and O–H groups in total. The zero-order valence-electron chi connectivity index (χ0n) is 13.3. The Bertz CT molecular complexity index is 664. The Balaban J connectivity index is 1.60. The summed E-state index contributed by atoms with van der Waals surface area (Å²) in [6, 6.07) is 15.5. The van der Waals surface area contributed by atoms with Crippen molar-refractivity contribution in [1.29, 1.82) is 0 Å². The van der Waals surface area contributed by atoms with Gasteiger partial charge in [0, 0.05) is 31.9 Å². The zero-order valence-corrected chi connectivity index (χ0v) is 13.3. The Kier molecular flexibility index (Phi) is 6.91. The van der Waals surface area contributed by atoms with Crippen molar-refractivity contribution in [3.8, 4) is 0 Å². The van der Waals surface area contributed by atoms with Crippen molar-refractivity contribution in [1.82, 2.24) is 9.88 Å². The monoisotopic (exact) mass is 312 g/mol. The van der Waals surface area contributed by atoms with E-state index in [-0.39, 0.29) is 5.56 Å². The van der Waals surface area contributed by atoms with Gasteiger partial charge in [-0.15, -0.1) is 0 Å². The number of aryl methyl sites for hydroxylation is 1. The first-order chi connectivity index (χ1) is 11.3. The number of hydrogen-bond donors (Lipinski definition) is 2. The van der Waals surface area contributed by atoms with E-state index in [0.717, 1.165) is 32.4 Å². The standard InChI is InChI=1S/C18H24N4O/c19-18(21-13-11-16-8-2-1-3-9-16)20-12-5-7-15-22-14-6-4-10-17(22)23/h1-4,6,8-10,14H,5,7,11-13,15H2,(H3,19,20,21). The van der Waals surface area contributed by atoms with Gasteiger partial charge in [0.2, 0.25) is 5.56 Å². The number of nitrogens with two attached hydrogens (primary N) is 1. The number of aromatic nitrogens is 1. The first-order valence-electron chi connectivity index (χ1n) is 7.99. The minimum atomic E-state index is 0.0399. The van der Waals surface area contributed by atoms with Gasteiger partial charge in [-0.2, -0.15) is 0 Å². The lowest BCUT2D eigenvalue weighted by molar-refractivity contribution is 0.598. The summed E-state index contributed by atoms with van der Waals surface area (Å²) >= 11 is 0. The summed E-state index contributed by atoms with van der Waals surface area (Å²) < 4.78 is 1.71. The van der Waals surface area contributed by atoms with E-state index < -0.39 is 0 Å². The molecule has 5 nitrogen and oxygen atoms in total. The lowest BCUT2D eigenvalue weighted by Crippen LogP contribution is -2.33. The van der Waals surface area contributed by atoms with Crippen molar-refractivity contribution < 1.29 is 0 Å². The van der Waals surface area contributed by atoms with Gasteiger partial charge in [-0.1, -0.05) is 36.4 Å². The molecule has 2 rings (SSSR count). The van der Waals surface area contributed by atoms with E-state index in [9.17, 15) is 4.79 Å². The Morgan fingerprint density at radius 2 is 1.87 bits per heavy atom. The molecule has 0 aliphatic rings. The van der Waals surface area contributed by atoms with Crippen LogP contribution in [-0.2, 0) is 13.0 Å². The first-order valence-corrected chi connectivity index (χ1v) is 7.99. The number of nitrogens with one attached hydrogen (secondary N) is 1. The van der Waals surface area contributed by atoms with E-state index in [1.54, 1.807) is 16.7 Å². The largest absolute Gasteiger partial charge is 0.370 e. The van der Waals surface area contributed by atoms with Crippen LogP contribution >= 0.6 is 0 Å². The zero-order chi connectivity index (χ0) is 16.3. The van der Waals surface area contributed by atoms with Crippen LogP contribution in [0.4, 0.5) is 0 Å². The van der Waals surface area contributed by atoms with Crippen molar-refractivity contribution in [3.63, 3.8) is 0 Å². The molecule has 0 fully saturated rings. The molecule has 0 unspecified atom stereocenters. The van der Waals surface area contributed by atoms with Gasteiger partial charge >= 0.3 is 0 Å². The van der Waals surface area contributed by atoms with Crippen LogP contribution in [0, 0.1) is 0 Å². The van der Waals surface area contributed by atoms with E-state index in [4.69, 9.17) is 5.73 Å². The molecule has 1 aromatic heterocycles. The normalized spacial score (nSPS) is 11.4. The van der Waals surface area contributed by atoms with Crippen molar-refractivity contribution in [2.45, 2.75) is 25.8 Å². The van der Waals surface area contributed by atoms with Crippen LogP contribution in [0.3, 0.4) is 0 Å². The molecular weight excluding hydrogens is 288 g/mol. The minimum Gasteiger partial charge on any atom is -0.370 e. The molecule has 0 atom stereocenters. The molecule has 0 saturated carbocycles. The van der Waals surface area contributed by atoms with Crippen LogP contribution in [-0.4, -0.2) is 23.6 Å². The van der Waals surface area contributed by atoms with Crippen LogP contribution in [0.5, 0.6) is 0 Å². The third-order valence-corrected chi connectivity index (χ3v) is 3.55. The minimum absolute atomic E-state index is 0.0399. The number of guanidine groups is 1. The topological polar surface area (TPSA) is 72.4 Å². The lowest BCUT2D eigenvalue weighted by atomic mass is 10.1. The summed E-state index contributed by atoms with van der Waals surface area (Å²) in [6.45, 7) is 2.17. The maximum absolute atomic E-state index is 11.5. The Morgan fingerprint density at radius 1 is 1.09 bits per heavy atom. The Labute approximate surface area is 136 Å². The Hall–Kier alpha value is -2.56. The molecular formula is C18H24N4O. The number of unbranched alkanes of at least 4 members (excludes halogenated alkanes) is 1. The average molecular weight is 312 g/mol. The SMILES string of the molecule is NC(=NCCCCn1ccccc1=O)NCCc1ccccc1. The summed E-state index contributed by atoms with van der Waals surface area (Å²) in [5, 5.41) is 3.12. The summed E-state index contributed by atoms with van der Waals surface area (Å²) in [6.07, 6.45) is 4.55. The van der Waals surface area contributed by atoms with Crippen LogP contribution in [0.2, 0.25) is 0 Å². The summed E-state index contributed by atoms with van der Waals surface area (Å²) in [7, 11) is 0. The van der Waals surface area contributed by atoms with Gasteiger partial charge in [-0.25, -0.2) is 0 Å². The highest BCUT2D eigenvalue weighted by Crippen LogP contribution is 1.98. The van der Waals surface area contributed by atoms with Crippen molar-refractivity contribution in [2.24, 2.45) is 10.7 Å². The van der Waals surface area contributed by atoms with Crippen molar-refractivity contribution >= 4 is 5.96 Å². The second kappa shape index (κ2) is 9.46. The molecule has 0 aliphatic carbocycles. The third kappa shape index (κ3) is 6.38. The maximum atomic E-state index is 11.5. The fourth-order valence-electron chi connectivity index (χ4n) is 2.27. The number of pyridine rings is 1. The predicted molar refractivity (Wildman–Crippen MR) is 94.6 cm³/mol. The second-order valence-corrected chi connectivity index (χ2v) is 5.37. The van der Waals surface area contributed by atoms with Crippen LogP contribution in [0.15, 0.2) is 64.5 Å². The number of rotatable bonds is 8. The average Bonchev–Trinajstić information content (AvgIpc) is 2.57. The number of nitrogens with zero attached hydrogens (tertiary/aromatic N) is 2. The summed E-state index contributed by atoms with van der Waals surface area (Å²) in [5.41, 5.74) is 7.16. The molecule has 0 bridgehead atoms. The quantitative estimate of drug-likeness (QED) is 0.443. The fourth-order valence-corrected chi connectivity index (χ4v) is 2.27. The molecule has 0 radical (unpaired) electrons. The van der Waals surface area contributed by atoms with Crippen LogP contribution < -0.4 is 16.6 Å². The van der Waals surface area contributed by atoms with Crippen LogP contribution in [0.25, 0.3) is 0 Å². The second-order valence-electron chi connectivity index (χ2n) is 5.37. The molecule has 0 spiro atoms. The highest BCUT2D eigenvalue weighted by molar-refractivity contribution is 5.77. The molecule has 0 amide bonds. The first kappa shape index (κ1) is 16.8. The van der Waals surface area contributed by atoms with E-state index in [1.807, 2.05) is 30.5 Å². The van der Waals surface area contributed by atoms with Gasteiger partial charge < -0.3 is 15.6 Å². The van der Waals surface area contributed by atoms with Crippen LogP contribution in [0.1, 0.15) is 18.4 Å². The van der Waals surface area contributed by atoms with Gasteiger partial charge in [0.05, 0.1) is 0 Å². The van der Waals surface area contributed by atoms with Gasteiger partial charge in [0.25, 0.3) is 0 Å². The van der Waals surface area contributed by atoms with Gasteiger partial charge in [-0.3, -0.25) is 9.79 Å². The summed E-state index contributed by atoms with van der Waals surface area (Å²) in [5.74, 6) is 0.484. The number of hydrogen-bond acceptors (Lipinski definition) is 2. The van der Waals surface area contributed by atoms with E-state index in [2.05, 4.69) is 22.4 Å². The molecule has 2 aromatic rings. The van der Waals surface area contributed by atoms with Gasteiger partial charge in [-0.05, 0) is 30.9 Å². The van der Waals surface area contributed by atoms with E-state index >= 15 is 0 Å². The molecule has 1 heterocycles. The number of aliphatic imine (C=N–C) groups is 1. The molecule has 5 heteroatoms. The van der Waals surface area contributed by atoms with E-state index in [1.165, 1.54) is 5.56 Å². The van der Waals surface area contributed by atoms with E-state index in [0.29, 0.717) is 12.5 Å². The smallest absolute Gasteiger partial charge is 0.250 e. The molecule has 1 aromatic carbocycles. The number of benzene rings is 1. The van der Waals surface area contributed by atoms with Gasteiger partial charge in [0.1, 0.15) is 0 Å². The highest BCUT2D eigenvalue weighted by Gasteiger charge is 1.95. The molecule has 0 saturated heterocycles. The van der Waals surface area contributed by atoms with Crippen molar-refractivity contribution in [2.75, 3.05) is 13.1 Å². The maximum Gasteiger partial charge on any atom is 0.250 e. The highest BCUT2D eigenvalue weighted by atomic mass is 16.1. The molecule has 0 aliphatic heterocycles. The third-order valence-electron chi connectivity index (χ3n) is 3.55. The molecule has 23 heavy (non-hydrogen) atoms. The molecule has 122 valence electrons. The predicted octanol–water partition coefficient (Wildman–Crippen LogP) is 1.78. The van der Waals surface area contributed by atoms with Crippen molar-refractivity contribution in [3.05, 3.63) is 70.6 Å². The fraction of sp³-hybridized carbons (Fsp3) is 0.333.